The van der Waals surface area contributed by atoms with Gasteiger partial charge in [0.05, 0.1) is 17.4 Å². The van der Waals surface area contributed by atoms with Crippen LogP contribution < -0.4 is 16.2 Å². The Hall–Kier alpha value is -3.26. The molecule has 156 valence electrons. The predicted octanol–water partition coefficient (Wildman–Crippen LogP) is 3.37. The smallest absolute Gasteiger partial charge is 0.262 e. The van der Waals surface area contributed by atoms with Crippen LogP contribution in [0.25, 0.3) is 10.9 Å². The average Bonchev–Trinajstić information content (AvgIpc) is 2.75. The highest BCUT2D eigenvalue weighted by Gasteiger charge is 2.07. The summed E-state index contributed by atoms with van der Waals surface area (Å²) < 4.78 is 1.96. The zero-order valence-corrected chi connectivity index (χ0v) is 17.3. The van der Waals surface area contributed by atoms with Crippen LogP contribution >= 0.6 is 12.2 Å². The van der Waals surface area contributed by atoms with Crippen molar-refractivity contribution in [2.45, 2.75) is 32.2 Å². The number of aromatic amines is 1. The third-order valence-corrected chi connectivity index (χ3v) is 5.00. The number of nitrogens with zero attached hydrogens (tertiary/aromatic N) is 1. The summed E-state index contributed by atoms with van der Waals surface area (Å²) in [6, 6.07) is 16.4. The Morgan fingerprint density at radius 3 is 2.47 bits per heavy atom. The van der Waals surface area contributed by atoms with Crippen LogP contribution in [0.15, 0.2) is 59.4 Å². The minimum atomic E-state index is -0.264. The molecule has 2 amide bonds. The molecule has 0 unspecified atom stereocenters. The first-order chi connectivity index (χ1) is 14.5. The van der Waals surface area contributed by atoms with Gasteiger partial charge in [-0.25, -0.2) is 0 Å². The Morgan fingerprint density at radius 2 is 1.67 bits per heavy atom. The highest BCUT2D eigenvalue weighted by Crippen LogP contribution is 2.08. The van der Waals surface area contributed by atoms with Crippen molar-refractivity contribution in [1.82, 2.24) is 14.9 Å². The van der Waals surface area contributed by atoms with Crippen LogP contribution in [0.5, 0.6) is 0 Å². The van der Waals surface area contributed by atoms with E-state index < -0.39 is 0 Å². The van der Waals surface area contributed by atoms with Gasteiger partial charge >= 0.3 is 0 Å². The number of H-pyrrole nitrogens is 1. The normalized spacial score (nSPS) is 10.7. The van der Waals surface area contributed by atoms with Gasteiger partial charge in [0.15, 0.2) is 4.77 Å². The maximum absolute atomic E-state index is 12.6. The van der Waals surface area contributed by atoms with E-state index >= 15 is 0 Å². The van der Waals surface area contributed by atoms with Crippen LogP contribution in [-0.4, -0.2) is 27.9 Å². The monoisotopic (exact) mass is 424 g/mol. The molecule has 7 nitrogen and oxygen atoms in total. The first-order valence-electron chi connectivity index (χ1n) is 9.88. The van der Waals surface area contributed by atoms with E-state index in [1.165, 1.54) is 0 Å². The first kappa shape index (κ1) is 21.4. The standard InChI is InChI=1S/C22H24N4O3S/c27-19(23-15-20(28)24-16-9-3-1-4-10-16)13-5-2-8-14-26-21(29)17-11-6-7-12-18(17)25-22(26)30/h1,3-4,6-7,9-12H,2,5,8,13-15H2,(H,23,27)(H,24,28)(H,25,30). The zero-order valence-electron chi connectivity index (χ0n) is 16.5. The fraction of sp³-hybridized carbons (Fsp3) is 0.273. The van der Waals surface area contributed by atoms with Crippen molar-refractivity contribution in [2.24, 2.45) is 0 Å². The van der Waals surface area contributed by atoms with Crippen molar-refractivity contribution in [1.29, 1.82) is 0 Å². The number of fused-ring (bicyclic) bond motifs is 1. The van der Waals surface area contributed by atoms with Gasteiger partial charge in [0, 0.05) is 18.7 Å². The molecule has 3 rings (SSSR count). The largest absolute Gasteiger partial charge is 0.347 e. The predicted molar refractivity (Wildman–Crippen MR) is 120 cm³/mol. The molecule has 0 saturated heterocycles. The molecule has 0 fully saturated rings. The second kappa shape index (κ2) is 10.5. The van der Waals surface area contributed by atoms with Crippen molar-refractivity contribution < 1.29 is 9.59 Å². The number of aromatic nitrogens is 2. The van der Waals surface area contributed by atoms with Crippen molar-refractivity contribution in [3.63, 3.8) is 0 Å². The Morgan fingerprint density at radius 1 is 0.933 bits per heavy atom. The minimum Gasteiger partial charge on any atom is -0.347 e. The van der Waals surface area contributed by atoms with Crippen molar-refractivity contribution in [2.75, 3.05) is 11.9 Å². The lowest BCUT2D eigenvalue weighted by atomic mass is 10.2. The van der Waals surface area contributed by atoms with Crippen LogP contribution in [0.1, 0.15) is 25.7 Å². The number of hydrogen-bond donors (Lipinski definition) is 3. The molecular formula is C22H24N4O3S. The Bertz CT molecular complexity index is 1140. The molecule has 2 aromatic carbocycles. The van der Waals surface area contributed by atoms with E-state index in [1.807, 2.05) is 36.4 Å². The summed E-state index contributed by atoms with van der Waals surface area (Å²) in [7, 11) is 0. The highest BCUT2D eigenvalue weighted by atomic mass is 32.1. The second-order valence-corrected chi connectivity index (χ2v) is 7.32. The Kier molecular flexibility index (Phi) is 7.51. The lowest BCUT2D eigenvalue weighted by Gasteiger charge is -2.08. The molecule has 0 bridgehead atoms. The molecule has 0 saturated carbocycles. The topological polar surface area (TPSA) is 96.0 Å². The van der Waals surface area contributed by atoms with Crippen molar-refractivity contribution in [3.05, 3.63) is 69.7 Å². The molecular weight excluding hydrogens is 400 g/mol. The van der Waals surface area contributed by atoms with E-state index in [9.17, 15) is 14.4 Å². The summed E-state index contributed by atoms with van der Waals surface area (Å²) in [4.78, 5) is 39.4. The maximum atomic E-state index is 12.6. The number of benzene rings is 2. The number of rotatable bonds is 9. The third kappa shape index (κ3) is 5.87. The molecule has 0 radical (unpaired) electrons. The fourth-order valence-corrected chi connectivity index (χ4v) is 3.41. The first-order valence-corrected chi connectivity index (χ1v) is 10.3. The molecule has 0 aliphatic heterocycles. The fourth-order valence-electron chi connectivity index (χ4n) is 3.13. The summed E-state index contributed by atoms with van der Waals surface area (Å²) in [5, 5.41) is 5.95. The van der Waals surface area contributed by atoms with Crippen LogP contribution in [0.3, 0.4) is 0 Å². The highest BCUT2D eigenvalue weighted by molar-refractivity contribution is 7.71. The minimum absolute atomic E-state index is 0.0602. The number of nitrogens with one attached hydrogen (secondary N) is 3. The van der Waals surface area contributed by atoms with Gasteiger partial charge in [-0.15, -0.1) is 0 Å². The van der Waals surface area contributed by atoms with Crippen LogP contribution in [-0.2, 0) is 16.1 Å². The molecule has 0 aliphatic rings. The number of unbranched alkanes of at least 4 members (excludes halogenated alkanes) is 2. The number of hydrogen-bond acceptors (Lipinski definition) is 4. The Labute approximate surface area is 179 Å². The molecule has 0 spiro atoms. The number of carbonyl (C=O) groups excluding carboxylic acids is 2. The average molecular weight is 425 g/mol. The third-order valence-electron chi connectivity index (χ3n) is 4.68. The number of amides is 2. The quantitative estimate of drug-likeness (QED) is 0.362. The van der Waals surface area contributed by atoms with Gasteiger partial charge in [-0.2, -0.15) is 0 Å². The SMILES string of the molecule is O=C(CCCCCn1c(=S)[nH]c2ccccc2c1=O)NCC(=O)Nc1ccccc1. The lowest BCUT2D eigenvalue weighted by molar-refractivity contribution is -0.124. The van der Waals surface area contributed by atoms with Crippen LogP contribution in [0.2, 0.25) is 0 Å². The zero-order chi connectivity index (χ0) is 21.3. The van der Waals surface area contributed by atoms with Crippen LogP contribution in [0.4, 0.5) is 5.69 Å². The summed E-state index contributed by atoms with van der Waals surface area (Å²) in [5.74, 6) is -0.433. The summed E-state index contributed by atoms with van der Waals surface area (Å²) >= 11 is 5.30. The molecule has 0 atom stereocenters. The van der Waals surface area contributed by atoms with Gasteiger partial charge in [0.1, 0.15) is 0 Å². The summed E-state index contributed by atoms with van der Waals surface area (Å²) in [6.45, 7) is 0.440. The van der Waals surface area contributed by atoms with E-state index in [1.54, 1.807) is 22.8 Å². The van der Waals surface area contributed by atoms with Gasteiger partial charge in [-0.1, -0.05) is 36.8 Å². The van der Waals surface area contributed by atoms with Gasteiger partial charge in [0.25, 0.3) is 5.56 Å². The van der Waals surface area contributed by atoms with E-state index in [2.05, 4.69) is 15.6 Å². The molecule has 30 heavy (non-hydrogen) atoms. The Balaban J connectivity index is 1.38. The molecule has 1 aromatic heterocycles. The molecule has 1 heterocycles. The van der Waals surface area contributed by atoms with E-state index in [0.29, 0.717) is 35.2 Å². The van der Waals surface area contributed by atoms with Crippen molar-refractivity contribution in [3.8, 4) is 0 Å². The van der Waals surface area contributed by atoms with Gasteiger partial charge < -0.3 is 15.6 Å². The summed E-state index contributed by atoms with van der Waals surface area (Å²) in [5.41, 5.74) is 1.33. The number of carbonyl (C=O) groups is 2. The molecule has 3 aromatic rings. The van der Waals surface area contributed by atoms with Crippen molar-refractivity contribution >= 4 is 40.6 Å². The van der Waals surface area contributed by atoms with Gasteiger partial charge in [0.2, 0.25) is 11.8 Å². The van der Waals surface area contributed by atoms with Crippen LogP contribution in [0, 0.1) is 4.77 Å². The summed E-state index contributed by atoms with van der Waals surface area (Å²) in [6.07, 6.45) is 2.51. The lowest BCUT2D eigenvalue weighted by Crippen LogP contribution is -2.32. The number of anilines is 1. The maximum Gasteiger partial charge on any atom is 0.262 e. The molecule has 0 aliphatic carbocycles. The van der Waals surface area contributed by atoms with Gasteiger partial charge in [-0.3, -0.25) is 19.0 Å². The second-order valence-electron chi connectivity index (χ2n) is 6.93. The number of para-hydroxylation sites is 2. The van der Waals surface area contributed by atoms with E-state index in [4.69, 9.17) is 12.2 Å². The molecule has 3 N–H and O–H groups in total. The van der Waals surface area contributed by atoms with E-state index in [-0.39, 0.29) is 23.9 Å². The van der Waals surface area contributed by atoms with E-state index in [0.717, 1.165) is 18.4 Å². The molecule has 8 heteroatoms. The van der Waals surface area contributed by atoms with Gasteiger partial charge in [-0.05, 0) is 49.3 Å².